The molecule has 0 spiro atoms. The molecule has 3 nitrogen and oxygen atoms in total. The summed E-state index contributed by atoms with van der Waals surface area (Å²) in [5, 5.41) is 2.93. The van der Waals surface area contributed by atoms with Gasteiger partial charge in [-0.15, -0.1) is 0 Å². The molecule has 0 bridgehead atoms. The molecule has 0 aromatic rings. The van der Waals surface area contributed by atoms with Crippen molar-refractivity contribution in [2.75, 3.05) is 6.54 Å². The fraction of sp³-hybridized carbons (Fsp3) is 0.923. The topological polar surface area (TPSA) is 55.1 Å². The molecule has 3 N–H and O–H groups in total. The average molecular weight is 226 g/mol. The van der Waals surface area contributed by atoms with E-state index in [-0.39, 0.29) is 11.9 Å². The van der Waals surface area contributed by atoms with Gasteiger partial charge in [-0.3, -0.25) is 4.79 Å². The van der Waals surface area contributed by atoms with Gasteiger partial charge >= 0.3 is 0 Å². The highest BCUT2D eigenvalue weighted by molar-refractivity contribution is 5.75. The predicted molar refractivity (Wildman–Crippen MR) is 67.1 cm³/mol. The standard InChI is InChI=1S/C13H26N2O/c1-2-5-12(14)10-15-13(16)9-8-11-6-3-4-7-11/h11-12H,2-10,14H2,1H3,(H,15,16). The summed E-state index contributed by atoms with van der Waals surface area (Å²) >= 11 is 0. The molecule has 1 aliphatic carbocycles. The highest BCUT2D eigenvalue weighted by Gasteiger charge is 2.16. The minimum atomic E-state index is 0.125. The van der Waals surface area contributed by atoms with Crippen LogP contribution in [-0.4, -0.2) is 18.5 Å². The first-order valence-electron chi connectivity index (χ1n) is 6.74. The summed E-state index contributed by atoms with van der Waals surface area (Å²) < 4.78 is 0. The van der Waals surface area contributed by atoms with Gasteiger partial charge in [0.2, 0.25) is 5.91 Å². The third kappa shape index (κ3) is 5.50. The Morgan fingerprint density at radius 1 is 1.44 bits per heavy atom. The quantitative estimate of drug-likeness (QED) is 0.699. The lowest BCUT2D eigenvalue weighted by Crippen LogP contribution is -2.37. The fourth-order valence-electron chi connectivity index (χ4n) is 2.44. The number of nitrogens with two attached hydrogens (primary N) is 1. The summed E-state index contributed by atoms with van der Waals surface area (Å²) in [6.07, 6.45) is 9.17. The van der Waals surface area contributed by atoms with Crippen LogP contribution in [0.15, 0.2) is 0 Å². The lowest BCUT2D eigenvalue weighted by molar-refractivity contribution is -0.121. The Labute approximate surface area is 99.2 Å². The van der Waals surface area contributed by atoms with Crippen molar-refractivity contribution >= 4 is 5.91 Å². The molecule has 1 aliphatic rings. The number of hydrogen-bond acceptors (Lipinski definition) is 2. The highest BCUT2D eigenvalue weighted by Crippen LogP contribution is 2.28. The van der Waals surface area contributed by atoms with Crippen molar-refractivity contribution in [3.63, 3.8) is 0 Å². The van der Waals surface area contributed by atoms with E-state index in [9.17, 15) is 4.79 Å². The molecule has 16 heavy (non-hydrogen) atoms. The molecule has 0 radical (unpaired) electrons. The smallest absolute Gasteiger partial charge is 0.220 e. The van der Waals surface area contributed by atoms with Crippen molar-refractivity contribution in [2.24, 2.45) is 11.7 Å². The maximum absolute atomic E-state index is 11.5. The van der Waals surface area contributed by atoms with Crippen molar-refractivity contribution in [1.29, 1.82) is 0 Å². The van der Waals surface area contributed by atoms with Crippen LogP contribution < -0.4 is 11.1 Å². The molecule has 3 heteroatoms. The second-order valence-electron chi connectivity index (χ2n) is 5.04. The second kappa shape index (κ2) is 7.66. The van der Waals surface area contributed by atoms with Crippen LogP contribution >= 0.6 is 0 Å². The van der Waals surface area contributed by atoms with E-state index in [0.717, 1.165) is 25.2 Å². The Hall–Kier alpha value is -0.570. The first-order valence-corrected chi connectivity index (χ1v) is 6.74. The third-order valence-electron chi connectivity index (χ3n) is 3.48. The normalized spacial score (nSPS) is 18.6. The second-order valence-corrected chi connectivity index (χ2v) is 5.04. The molecule has 0 aromatic heterocycles. The van der Waals surface area contributed by atoms with E-state index >= 15 is 0 Å². The SMILES string of the molecule is CCCC(N)CNC(=O)CCC1CCCC1. The zero-order chi connectivity index (χ0) is 11.8. The lowest BCUT2D eigenvalue weighted by Gasteiger charge is -2.12. The molecule has 0 heterocycles. The summed E-state index contributed by atoms with van der Waals surface area (Å²) in [4.78, 5) is 11.5. The Morgan fingerprint density at radius 2 is 2.12 bits per heavy atom. The zero-order valence-electron chi connectivity index (χ0n) is 10.5. The highest BCUT2D eigenvalue weighted by atomic mass is 16.1. The van der Waals surface area contributed by atoms with Gasteiger partial charge in [-0.1, -0.05) is 39.0 Å². The summed E-state index contributed by atoms with van der Waals surface area (Å²) in [5.41, 5.74) is 5.84. The molecule has 0 aliphatic heterocycles. The number of hydrogen-bond donors (Lipinski definition) is 2. The van der Waals surface area contributed by atoms with Crippen molar-refractivity contribution < 1.29 is 4.79 Å². The molecule has 1 fully saturated rings. The number of carbonyl (C=O) groups excluding carboxylic acids is 1. The van der Waals surface area contributed by atoms with E-state index in [1.54, 1.807) is 0 Å². The minimum absolute atomic E-state index is 0.125. The van der Waals surface area contributed by atoms with Crippen molar-refractivity contribution in [3.05, 3.63) is 0 Å². The fourth-order valence-corrected chi connectivity index (χ4v) is 2.44. The molecule has 1 amide bonds. The Bertz CT molecular complexity index is 200. The molecule has 0 saturated heterocycles. The molecule has 94 valence electrons. The lowest BCUT2D eigenvalue weighted by atomic mass is 10.0. The predicted octanol–water partition coefficient (Wildman–Crippen LogP) is 2.20. The van der Waals surface area contributed by atoms with Crippen molar-refractivity contribution in [2.45, 2.75) is 64.3 Å². The van der Waals surface area contributed by atoms with Gasteiger partial charge in [-0.05, 0) is 18.8 Å². The molecule has 1 saturated carbocycles. The number of carbonyl (C=O) groups is 1. The summed E-state index contributed by atoms with van der Waals surface area (Å²) in [7, 11) is 0. The van der Waals surface area contributed by atoms with Crippen LogP contribution in [0.4, 0.5) is 0 Å². The average Bonchev–Trinajstić information content (AvgIpc) is 2.77. The first-order chi connectivity index (χ1) is 7.72. The van der Waals surface area contributed by atoms with Crippen molar-refractivity contribution in [3.8, 4) is 0 Å². The Morgan fingerprint density at radius 3 is 2.75 bits per heavy atom. The first kappa shape index (κ1) is 13.5. The molecule has 0 aromatic carbocycles. The van der Waals surface area contributed by atoms with Crippen LogP contribution in [-0.2, 0) is 4.79 Å². The molecular formula is C13H26N2O. The van der Waals surface area contributed by atoms with Gasteiger partial charge in [0.15, 0.2) is 0 Å². The van der Waals surface area contributed by atoms with Gasteiger partial charge < -0.3 is 11.1 Å². The monoisotopic (exact) mass is 226 g/mol. The molecule has 1 unspecified atom stereocenters. The van der Waals surface area contributed by atoms with Crippen molar-refractivity contribution in [1.82, 2.24) is 5.32 Å². The van der Waals surface area contributed by atoms with E-state index in [0.29, 0.717) is 13.0 Å². The van der Waals surface area contributed by atoms with Gasteiger partial charge in [0.05, 0.1) is 0 Å². The minimum Gasteiger partial charge on any atom is -0.355 e. The van der Waals surface area contributed by atoms with Gasteiger partial charge in [0, 0.05) is 19.0 Å². The number of rotatable bonds is 7. The summed E-state index contributed by atoms with van der Waals surface area (Å²) in [6, 6.07) is 0.125. The van der Waals surface area contributed by atoms with Crippen LogP contribution in [0.2, 0.25) is 0 Å². The van der Waals surface area contributed by atoms with Crippen LogP contribution in [0.3, 0.4) is 0 Å². The zero-order valence-corrected chi connectivity index (χ0v) is 10.5. The van der Waals surface area contributed by atoms with E-state index in [1.165, 1.54) is 25.7 Å². The van der Waals surface area contributed by atoms with E-state index in [1.807, 2.05) is 0 Å². The van der Waals surface area contributed by atoms with E-state index in [2.05, 4.69) is 12.2 Å². The van der Waals surface area contributed by atoms with E-state index < -0.39 is 0 Å². The van der Waals surface area contributed by atoms with Gasteiger partial charge in [0.25, 0.3) is 0 Å². The number of nitrogens with one attached hydrogen (secondary N) is 1. The molecular weight excluding hydrogens is 200 g/mol. The van der Waals surface area contributed by atoms with Gasteiger partial charge in [0.1, 0.15) is 0 Å². The van der Waals surface area contributed by atoms with Crippen LogP contribution in [0.25, 0.3) is 0 Å². The van der Waals surface area contributed by atoms with Crippen LogP contribution in [0.1, 0.15) is 58.3 Å². The van der Waals surface area contributed by atoms with Gasteiger partial charge in [-0.25, -0.2) is 0 Å². The van der Waals surface area contributed by atoms with Crippen LogP contribution in [0, 0.1) is 5.92 Å². The summed E-state index contributed by atoms with van der Waals surface area (Å²) in [5.74, 6) is 0.980. The maximum atomic E-state index is 11.5. The maximum Gasteiger partial charge on any atom is 0.220 e. The van der Waals surface area contributed by atoms with Crippen LogP contribution in [0.5, 0.6) is 0 Å². The van der Waals surface area contributed by atoms with E-state index in [4.69, 9.17) is 5.73 Å². The Kier molecular flexibility index (Phi) is 6.46. The Balaban J connectivity index is 2.01. The molecule has 1 rings (SSSR count). The third-order valence-corrected chi connectivity index (χ3v) is 3.48. The summed E-state index contributed by atoms with van der Waals surface area (Å²) in [6.45, 7) is 2.75. The largest absolute Gasteiger partial charge is 0.355 e. The van der Waals surface area contributed by atoms with Gasteiger partial charge in [-0.2, -0.15) is 0 Å². The molecule has 1 atom stereocenters. The number of amides is 1.